The Morgan fingerprint density at radius 3 is 2.88 bits per heavy atom. The molecule has 3 N–H and O–H groups in total. The van der Waals surface area contributed by atoms with Crippen molar-refractivity contribution in [3.05, 3.63) is 28.2 Å². The van der Waals surface area contributed by atoms with Gasteiger partial charge in [-0.25, -0.2) is 0 Å². The maximum absolute atomic E-state index is 7.18. The summed E-state index contributed by atoms with van der Waals surface area (Å²) in [7, 11) is 0. The van der Waals surface area contributed by atoms with Crippen LogP contribution in [-0.2, 0) is 5.75 Å². The molecule has 0 heterocycles. The molecule has 0 radical (unpaired) electrons. The zero-order valence-electron chi connectivity index (χ0n) is 8.50. The number of ether oxygens (including phenoxy) is 1. The third-order valence-electron chi connectivity index (χ3n) is 1.75. The van der Waals surface area contributed by atoms with Crippen molar-refractivity contribution < 1.29 is 4.74 Å². The summed E-state index contributed by atoms with van der Waals surface area (Å²) in [5.41, 5.74) is 6.35. The minimum absolute atomic E-state index is 0.120. The number of nitrogens with two attached hydrogens (primary N) is 1. The molecular weight excluding hydrogens is 356 g/mol. The van der Waals surface area contributed by atoms with Crippen LogP contribution in [0.2, 0.25) is 0 Å². The molecule has 1 rings (SSSR count). The Morgan fingerprint density at radius 2 is 2.25 bits per heavy atom. The number of benzene rings is 1. The summed E-state index contributed by atoms with van der Waals surface area (Å²) in [6.45, 7) is 0.619. The third-order valence-corrected chi connectivity index (χ3v) is 3.33. The van der Waals surface area contributed by atoms with Crippen LogP contribution in [0.15, 0.2) is 22.7 Å². The summed E-state index contributed by atoms with van der Waals surface area (Å²) in [6.07, 6.45) is 0. The lowest BCUT2D eigenvalue weighted by Crippen LogP contribution is -2.05. The molecule has 6 heteroatoms. The van der Waals surface area contributed by atoms with E-state index >= 15 is 0 Å². The van der Waals surface area contributed by atoms with E-state index in [-0.39, 0.29) is 5.17 Å². The number of alkyl halides is 1. The number of rotatable bonds is 5. The van der Waals surface area contributed by atoms with E-state index in [0.717, 1.165) is 21.1 Å². The van der Waals surface area contributed by atoms with Gasteiger partial charge in [-0.05, 0) is 12.1 Å². The lowest BCUT2D eigenvalue weighted by atomic mass is 10.2. The predicted octanol–water partition coefficient (Wildman–Crippen LogP) is 3.35. The highest BCUT2D eigenvalue weighted by atomic mass is 79.9. The SMILES string of the molecule is N=C(N)SCc1ccc(Br)cc1OCCBr. The number of hydrogen-bond donors (Lipinski definition) is 2. The van der Waals surface area contributed by atoms with E-state index in [1.807, 2.05) is 18.2 Å². The molecule has 88 valence electrons. The average molecular weight is 368 g/mol. The van der Waals surface area contributed by atoms with E-state index < -0.39 is 0 Å². The van der Waals surface area contributed by atoms with Gasteiger partial charge >= 0.3 is 0 Å². The van der Waals surface area contributed by atoms with Gasteiger partial charge < -0.3 is 10.5 Å². The molecule has 0 aromatic heterocycles. The molecule has 16 heavy (non-hydrogen) atoms. The van der Waals surface area contributed by atoms with Gasteiger partial charge in [0.2, 0.25) is 0 Å². The maximum Gasteiger partial charge on any atom is 0.151 e. The van der Waals surface area contributed by atoms with E-state index in [0.29, 0.717) is 12.4 Å². The number of hydrogen-bond acceptors (Lipinski definition) is 3. The van der Waals surface area contributed by atoms with Gasteiger partial charge in [0.15, 0.2) is 5.17 Å². The second kappa shape index (κ2) is 7.19. The Labute approximate surface area is 116 Å². The molecule has 0 amide bonds. The van der Waals surface area contributed by atoms with Gasteiger partial charge in [-0.15, -0.1) is 0 Å². The fourth-order valence-corrected chi connectivity index (χ4v) is 2.14. The van der Waals surface area contributed by atoms with E-state index in [4.69, 9.17) is 15.9 Å². The van der Waals surface area contributed by atoms with Crippen LogP contribution in [0.25, 0.3) is 0 Å². The van der Waals surface area contributed by atoms with Gasteiger partial charge in [0.05, 0.1) is 6.61 Å². The number of amidine groups is 1. The highest BCUT2D eigenvalue weighted by Gasteiger charge is 2.05. The first-order valence-corrected chi connectivity index (χ1v) is 7.47. The van der Waals surface area contributed by atoms with Crippen LogP contribution >= 0.6 is 43.6 Å². The molecule has 0 bridgehead atoms. The van der Waals surface area contributed by atoms with Gasteiger partial charge in [0.1, 0.15) is 5.75 Å². The zero-order valence-corrected chi connectivity index (χ0v) is 12.5. The topological polar surface area (TPSA) is 59.1 Å². The quantitative estimate of drug-likeness (QED) is 0.476. The van der Waals surface area contributed by atoms with Crippen LogP contribution in [0.3, 0.4) is 0 Å². The van der Waals surface area contributed by atoms with Crippen molar-refractivity contribution in [2.24, 2.45) is 5.73 Å². The van der Waals surface area contributed by atoms with Crippen molar-refractivity contribution in [2.45, 2.75) is 5.75 Å². The summed E-state index contributed by atoms with van der Waals surface area (Å²) in [6, 6.07) is 5.86. The number of nitrogens with one attached hydrogen (secondary N) is 1. The van der Waals surface area contributed by atoms with Crippen LogP contribution in [0, 0.1) is 5.41 Å². The van der Waals surface area contributed by atoms with Gasteiger partial charge in [0, 0.05) is 21.1 Å². The van der Waals surface area contributed by atoms with E-state index in [1.165, 1.54) is 11.8 Å². The Morgan fingerprint density at radius 1 is 1.50 bits per heavy atom. The molecule has 0 aliphatic heterocycles. The van der Waals surface area contributed by atoms with E-state index in [1.54, 1.807) is 0 Å². The van der Waals surface area contributed by atoms with Crippen LogP contribution in [0.1, 0.15) is 5.56 Å². The summed E-state index contributed by atoms with van der Waals surface area (Å²) in [5, 5.41) is 8.09. The van der Waals surface area contributed by atoms with Crippen LogP contribution in [0.5, 0.6) is 5.75 Å². The summed E-state index contributed by atoms with van der Waals surface area (Å²) >= 11 is 8.01. The highest BCUT2D eigenvalue weighted by molar-refractivity contribution is 9.10. The predicted molar refractivity (Wildman–Crippen MR) is 76.6 cm³/mol. The van der Waals surface area contributed by atoms with E-state index in [9.17, 15) is 0 Å². The monoisotopic (exact) mass is 366 g/mol. The van der Waals surface area contributed by atoms with Crippen molar-refractivity contribution in [1.29, 1.82) is 5.41 Å². The maximum atomic E-state index is 7.18. The van der Waals surface area contributed by atoms with Crippen molar-refractivity contribution in [3.63, 3.8) is 0 Å². The molecule has 3 nitrogen and oxygen atoms in total. The highest BCUT2D eigenvalue weighted by Crippen LogP contribution is 2.27. The van der Waals surface area contributed by atoms with Crippen molar-refractivity contribution in [2.75, 3.05) is 11.9 Å². The van der Waals surface area contributed by atoms with Crippen molar-refractivity contribution in [3.8, 4) is 5.75 Å². The van der Waals surface area contributed by atoms with Crippen molar-refractivity contribution >= 4 is 48.8 Å². The Bertz CT molecular complexity index is 374. The van der Waals surface area contributed by atoms with Crippen LogP contribution in [0.4, 0.5) is 0 Å². The normalized spacial score (nSPS) is 10.1. The fourth-order valence-electron chi connectivity index (χ4n) is 1.09. The molecule has 0 spiro atoms. The van der Waals surface area contributed by atoms with Gasteiger partial charge in [-0.1, -0.05) is 49.7 Å². The van der Waals surface area contributed by atoms with Gasteiger partial charge in [0.25, 0.3) is 0 Å². The second-order valence-corrected chi connectivity index (χ2v) is 5.67. The molecule has 0 unspecified atom stereocenters. The Hall–Kier alpha value is -0.200. The van der Waals surface area contributed by atoms with Crippen molar-refractivity contribution in [1.82, 2.24) is 0 Å². The zero-order chi connectivity index (χ0) is 12.0. The molecule has 0 aliphatic carbocycles. The van der Waals surface area contributed by atoms with E-state index in [2.05, 4.69) is 31.9 Å². The standard InChI is InChI=1S/C10H12Br2N2OS/c11-3-4-15-9-5-8(12)2-1-7(9)6-16-10(13)14/h1-2,5H,3-4,6H2,(H3,13,14). The third kappa shape index (κ3) is 4.76. The summed E-state index contributed by atoms with van der Waals surface area (Å²) < 4.78 is 6.58. The number of thioether (sulfide) groups is 1. The van der Waals surface area contributed by atoms with Crippen LogP contribution in [-0.4, -0.2) is 17.1 Å². The second-order valence-electron chi connectivity index (χ2n) is 2.94. The Kier molecular flexibility index (Phi) is 6.23. The smallest absolute Gasteiger partial charge is 0.151 e. The minimum Gasteiger partial charge on any atom is -0.492 e. The van der Waals surface area contributed by atoms with Gasteiger partial charge in [-0.2, -0.15) is 0 Å². The molecule has 0 saturated heterocycles. The molecule has 0 aliphatic rings. The molecule has 1 aromatic rings. The first-order valence-electron chi connectivity index (χ1n) is 4.57. The largest absolute Gasteiger partial charge is 0.492 e. The lowest BCUT2D eigenvalue weighted by Gasteiger charge is -2.10. The molecule has 0 fully saturated rings. The average Bonchev–Trinajstić information content (AvgIpc) is 2.24. The molecular formula is C10H12Br2N2OS. The molecule has 1 aromatic carbocycles. The Balaban J connectivity index is 2.76. The molecule has 0 atom stereocenters. The molecule has 0 saturated carbocycles. The first kappa shape index (κ1) is 13.9. The summed E-state index contributed by atoms with van der Waals surface area (Å²) in [4.78, 5) is 0. The number of halogens is 2. The lowest BCUT2D eigenvalue weighted by molar-refractivity contribution is 0.342. The van der Waals surface area contributed by atoms with Gasteiger partial charge in [-0.3, -0.25) is 5.41 Å². The van der Waals surface area contributed by atoms with Crippen LogP contribution < -0.4 is 10.5 Å². The minimum atomic E-state index is 0.120. The fraction of sp³-hybridized carbons (Fsp3) is 0.300. The summed E-state index contributed by atoms with van der Waals surface area (Å²) in [5.74, 6) is 1.49. The first-order chi connectivity index (χ1) is 7.63.